The highest BCUT2D eigenvalue weighted by Crippen LogP contribution is 2.30. The molecule has 0 aliphatic heterocycles. The van der Waals surface area contributed by atoms with Crippen molar-refractivity contribution in [2.24, 2.45) is 11.7 Å². The molecular weight excluding hydrogens is 216 g/mol. The SMILES string of the molecule is NC1CC1C(=O)N(CCO)Cc1ccccc1. The van der Waals surface area contributed by atoms with Gasteiger partial charge >= 0.3 is 0 Å². The van der Waals surface area contributed by atoms with Crippen molar-refractivity contribution >= 4 is 5.91 Å². The van der Waals surface area contributed by atoms with Crippen molar-refractivity contribution in [3.63, 3.8) is 0 Å². The lowest BCUT2D eigenvalue weighted by molar-refractivity contribution is -0.133. The Labute approximate surface area is 101 Å². The maximum absolute atomic E-state index is 12.0. The Morgan fingerprint density at radius 3 is 2.59 bits per heavy atom. The van der Waals surface area contributed by atoms with E-state index in [4.69, 9.17) is 10.8 Å². The fourth-order valence-corrected chi connectivity index (χ4v) is 1.92. The van der Waals surface area contributed by atoms with Gasteiger partial charge in [-0.1, -0.05) is 30.3 Å². The summed E-state index contributed by atoms with van der Waals surface area (Å²) in [5.41, 5.74) is 6.76. The minimum absolute atomic E-state index is 0.0134. The highest BCUT2D eigenvalue weighted by Gasteiger charge is 2.42. The van der Waals surface area contributed by atoms with Gasteiger partial charge in [0.25, 0.3) is 0 Å². The third-order valence-corrected chi connectivity index (χ3v) is 3.05. The Morgan fingerprint density at radius 2 is 2.06 bits per heavy atom. The van der Waals surface area contributed by atoms with Crippen molar-refractivity contribution in [1.82, 2.24) is 4.90 Å². The van der Waals surface area contributed by atoms with Gasteiger partial charge < -0.3 is 15.7 Å². The standard InChI is InChI=1S/C13H18N2O2/c14-12-8-11(12)13(17)15(6-7-16)9-10-4-2-1-3-5-10/h1-5,11-12,16H,6-9,14H2. The van der Waals surface area contributed by atoms with E-state index in [1.54, 1.807) is 4.90 Å². The maximum atomic E-state index is 12.0. The van der Waals surface area contributed by atoms with Gasteiger partial charge in [-0.2, -0.15) is 0 Å². The molecule has 17 heavy (non-hydrogen) atoms. The van der Waals surface area contributed by atoms with E-state index in [1.807, 2.05) is 30.3 Å². The second-order valence-corrected chi connectivity index (χ2v) is 4.48. The zero-order valence-electron chi connectivity index (χ0n) is 9.75. The van der Waals surface area contributed by atoms with Crippen LogP contribution in [-0.2, 0) is 11.3 Å². The Morgan fingerprint density at radius 1 is 1.41 bits per heavy atom. The molecule has 0 saturated heterocycles. The molecule has 1 aromatic rings. The van der Waals surface area contributed by atoms with Gasteiger partial charge in [-0.3, -0.25) is 4.79 Å². The molecular formula is C13H18N2O2. The second-order valence-electron chi connectivity index (χ2n) is 4.48. The van der Waals surface area contributed by atoms with Crippen molar-refractivity contribution in [3.05, 3.63) is 35.9 Å². The number of carbonyl (C=O) groups excluding carboxylic acids is 1. The van der Waals surface area contributed by atoms with E-state index in [9.17, 15) is 4.79 Å². The number of nitrogens with zero attached hydrogens (tertiary/aromatic N) is 1. The second kappa shape index (κ2) is 5.29. The van der Waals surface area contributed by atoms with E-state index in [1.165, 1.54) is 0 Å². The molecule has 2 unspecified atom stereocenters. The summed E-state index contributed by atoms with van der Waals surface area (Å²) in [7, 11) is 0. The highest BCUT2D eigenvalue weighted by molar-refractivity contribution is 5.82. The minimum atomic E-state index is -0.0368. The molecule has 0 heterocycles. The van der Waals surface area contributed by atoms with Crippen LogP contribution in [0.1, 0.15) is 12.0 Å². The average Bonchev–Trinajstić information content (AvgIpc) is 3.06. The van der Waals surface area contributed by atoms with Gasteiger partial charge in [-0.15, -0.1) is 0 Å². The zero-order valence-corrected chi connectivity index (χ0v) is 9.75. The molecule has 1 amide bonds. The van der Waals surface area contributed by atoms with Gasteiger partial charge in [0.2, 0.25) is 5.91 Å². The first-order chi connectivity index (χ1) is 8.22. The molecule has 1 aromatic carbocycles. The monoisotopic (exact) mass is 234 g/mol. The van der Waals surface area contributed by atoms with Gasteiger partial charge in [0.15, 0.2) is 0 Å². The summed E-state index contributed by atoms with van der Waals surface area (Å²) >= 11 is 0. The third-order valence-electron chi connectivity index (χ3n) is 3.05. The Kier molecular flexibility index (Phi) is 3.76. The van der Waals surface area contributed by atoms with Gasteiger partial charge in [0.1, 0.15) is 0 Å². The predicted octanol–water partition coefficient (Wildman–Crippen LogP) is 0.355. The average molecular weight is 234 g/mol. The predicted molar refractivity (Wildman–Crippen MR) is 65.0 cm³/mol. The van der Waals surface area contributed by atoms with E-state index < -0.39 is 0 Å². The zero-order chi connectivity index (χ0) is 12.3. The normalized spacial score (nSPS) is 22.2. The van der Waals surface area contributed by atoms with Crippen LogP contribution in [0.25, 0.3) is 0 Å². The maximum Gasteiger partial charge on any atom is 0.227 e. The van der Waals surface area contributed by atoms with E-state index >= 15 is 0 Å². The first-order valence-electron chi connectivity index (χ1n) is 5.91. The lowest BCUT2D eigenvalue weighted by atomic mass is 10.2. The summed E-state index contributed by atoms with van der Waals surface area (Å²) in [5.74, 6) is 0.0284. The van der Waals surface area contributed by atoms with Crippen LogP contribution < -0.4 is 5.73 Å². The van der Waals surface area contributed by atoms with Gasteiger partial charge in [-0.05, 0) is 12.0 Å². The summed E-state index contributed by atoms with van der Waals surface area (Å²) in [5, 5.41) is 9.01. The van der Waals surface area contributed by atoms with Crippen molar-refractivity contribution < 1.29 is 9.90 Å². The highest BCUT2D eigenvalue weighted by atomic mass is 16.3. The largest absolute Gasteiger partial charge is 0.395 e. The molecule has 92 valence electrons. The van der Waals surface area contributed by atoms with Crippen molar-refractivity contribution in [1.29, 1.82) is 0 Å². The van der Waals surface area contributed by atoms with Gasteiger partial charge in [0, 0.05) is 19.1 Å². The van der Waals surface area contributed by atoms with E-state index in [2.05, 4.69) is 0 Å². The van der Waals surface area contributed by atoms with E-state index in [0.29, 0.717) is 13.1 Å². The Hall–Kier alpha value is -1.39. The van der Waals surface area contributed by atoms with Crippen molar-refractivity contribution in [2.75, 3.05) is 13.2 Å². The fraction of sp³-hybridized carbons (Fsp3) is 0.462. The topological polar surface area (TPSA) is 66.6 Å². The molecule has 2 atom stereocenters. The molecule has 0 bridgehead atoms. The molecule has 1 aliphatic carbocycles. The van der Waals surface area contributed by atoms with Crippen molar-refractivity contribution in [2.45, 2.75) is 19.0 Å². The van der Waals surface area contributed by atoms with Crippen LogP contribution in [0.3, 0.4) is 0 Å². The quantitative estimate of drug-likeness (QED) is 0.772. The van der Waals surface area contributed by atoms with Crippen LogP contribution in [0.5, 0.6) is 0 Å². The van der Waals surface area contributed by atoms with Gasteiger partial charge in [0.05, 0.1) is 12.5 Å². The number of rotatable bonds is 5. The lowest BCUT2D eigenvalue weighted by Crippen LogP contribution is -2.35. The molecule has 0 aromatic heterocycles. The lowest BCUT2D eigenvalue weighted by Gasteiger charge is -2.22. The van der Waals surface area contributed by atoms with Crippen molar-refractivity contribution in [3.8, 4) is 0 Å². The third kappa shape index (κ3) is 3.05. The van der Waals surface area contributed by atoms with Crippen LogP contribution in [0.2, 0.25) is 0 Å². The molecule has 1 fully saturated rings. The number of benzene rings is 1. The van der Waals surface area contributed by atoms with Gasteiger partial charge in [-0.25, -0.2) is 0 Å². The molecule has 4 nitrogen and oxygen atoms in total. The Bertz CT molecular complexity index is 380. The molecule has 1 saturated carbocycles. The smallest absolute Gasteiger partial charge is 0.227 e. The summed E-state index contributed by atoms with van der Waals surface area (Å²) in [6.07, 6.45) is 0.773. The molecule has 3 N–H and O–H groups in total. The number of nitrogens with two attached hydrogens (primary N) is 1. The van der Waals surface area contributed by atoms with Crippen LogP contribution in [-0.4, -0.2) is 35.1 Å². The van der Waals surface area contributed by atoms with E-state index in [0.717, 1.165) is 12.0 Å². The fourth-order valence-electron chi connectivity index (χ4n) is 1.92. The van der Waals surface area contributed by atoms with Crippen LogP contribution in [0.4, 0.5) is 0 Å². The van der Waals surface area contributed by atoms with Crippen LogP contribution in [0.15, 0.2) is 30.3 Å². The summed E-state index contributed by atoms with van der Waals surface area (Å²) < 4.78 is 0. The Balaban J connectivity index is 1.99. The molecule has 1 aliphatic rings. The summed E-state index contributed by atoms with van der Waals surface area (Å²) in [6, 6.07) is 9.80. The summed E-state index contributed by atoms with van der Waals surface area (Å²) in [6.45, 7) is 0.904. The number of aliphatic hydroxyl groups excluding tert-OH is 1. The molecule has 4 heteroatoms. The minimum Gasteiger partial charge on any atom is -0.395 e. The number of amides is 1. The van der Waals surface area contributed by atoms with Crippen LogP contribution in [0, 0.1) is 5.92 Å². The number of carbonyl (C=O) groups is 1. The van der Waals surface area contributed by atoms with Crippen LogP contribution >= 0.6 is 0 Å². The molecule has 2 rings (SSSR count). The molecule has 0 spiro atoms. The first-order valence-corrected chi connectivity index (χ1v) is 5.91. The number of hydrogen-bond acceptors (Lipinski definition) is 3. The summed E-state index contributed by atoms with van der Waals surface area (Å²) in [4.78, 5) is 13.7. The number of hydrogen-bond donors (Lipinski definition) is 2. The molecule has 0 radical (unpaired) electrons. The van der Waals surface area contributed by atoms with E-state index in [-0.39, 0.29) is 24.5 Å². The first kappa shape index (κ1) is 12.1. The number of aliphatic hydroxyl groups is 1.